The van der Waals surface area contributed by atoms with Crippen LogP contribution in [0.15, 0.2) is 0 Å². The van der Waals surface area contributed by atoms with E-state index in [4.69, 9.17) is 26.4 Å². The van der Waals surface area contributed by atoms with Gasteiger partial charge in [0.2, 0.25) is 0 Å². The van der Waals surface area contributed by atoms with Crippen molar-refractivity contribution >= 4 is 29.5 Å². The molecule has 0 aliphatic heterocycles. The third kappa shape index (κ3) is 5.72. The fraction of sp³-hybridized carbons (Fsp3) is 0.636. The minimum Gasteiger partial charge on any atom is -0.463 e. The first-order valence-corrected chi connectivity index (χ1v) is 6.77. The average molecular weight is 291 g/mol. The van der Waals surface area contributed by atoms with E-state index in [0.29, 0.717) is 23.8 Å². The summed E-state index contributed by atoms with van der Waals surface area (Å²) in [5.74, 6) is -0.265. The van der Waals surface area contributed by atoms with Gasteiger partial charge in [0.1, 0.15) is 6.61 Å². The Bertz CT molecular complexity index is 427. The first-order chi connectivity index (χ1) is 8.63. The standard InChI is InChI=1S/C11H17NO4S2/c1-8-9(18-11(17)12-8)7-10(13)16-6-5-15-4-3-14-2/h3-7H2,1-2H3,(H,12,17). The van der Waals surface area contributed by atoms with Crippen molar-refractivity contribution in [3.8, 4) is 0 Å². The van der Waals surface area contributed by atoms with Crippen molar-refractivity contribution < 1.29 is 19.0 Å². The number of rotatable bonds is 8. The number of aryl methyl sites for hydroxylation is 1. The average Bonchev–Trinajstić information content (AvgIpc) is 2.62. The largest absolute Gasteiger partial charge is 0.463 e. The Hall–Kier alpha value is -0.760. The normalized spacial score (nSPS) is 10.6. The molecule has 0 saturated heterocycles. The number of hydrogen-bond acceptors (Lipinski definition) is 6. The number of carbonyl (C=O) groups is 1. The molecule has 7 heteroatoms. The van der Waals surface area contributed by atoms with Crippen molar-refractivity contribution in [1.82, 2.24) is 4.98 Å². The van der Waals surface area contributed by atoms with E-state index in [9.17, 15) is 4.79 Å². The van der Waals surface area contributed by atoms with Gasteiger partial charge in [0, 0.05) is 17.7 Å². The van der Waals surface area contributed by atoms with Crippen molar-refractivity contribution in [1.29, 1.82) is 0 Å². The van der Waals surface area contributed by atoms with Gasteiger partial charge in [-0.1, -0.05) is 0 Å². The summed E-state index contributed by atoms with van der Waals surface area (Å²) in [7, 11) is 1.61. The van der Waals surface area contributed by atoms with E-state index in [2.05, 4.69) is 4.98 Å². The monoisotopic (exact) mass is 291 g/mol. The van der Waals surface area contributed by atoms with E-state index < -0.39 is 0 Å². The second kappa shape index (κ2) is 8.36. The quantitative estimate of drug-likeness (QED) is 0.450. The molecule has 1 rings (SSSR count). The highest BCUT2D eigenvalue weighted by atomic mass is 32.1. The summed E-state index contributed by atoms with van der Waals surface area (Å²) in [6.07, 6.45) is 0.252. The molecule has 0 atom stereocenters. The Balaban J connectivity index is 2.18. The molecule has 18 heavy (non-hydrogen) atoms. The third-order valence-corrected chi connectivity index (χ3v) is 3.49. The lowest BCUT2D eigenvalue weighted by Crippen LogP contribution is -2.14. The second-order valence-electron chi connectivity index (χ2n) is 3.57. The van der Waals surface area contributed by atoms with Crippen LogP contribution in [0, 0.1) is 10.9 Å². The van der Waals surface area contributed by atoms with Crippen molar-refractivity contribution in [3.05, 3.63) is 14.5 Å². The highest BCUT2D eigenvalue weighted by Crippen LogP contribution is 2.15. The molecular formula is C11H17NO4S2. The maximum atomic E-state index is 11.5. The van der Waals surface area contributed by atoms with E-state index in [0.717, 1.165) is 10.6 Å². The molecule has 1 aromatic heterocycles. The fourth-order valence-corrected chi connectivity index (χ4v) is 2.52. The van der Waals surface area contributed by atoms with Crippen molar-refractivity contribution in [2.45, 2.75) is 13.3 Å². The minimum atomic E-state index is -0.265. The molecule has 0 aliphatic rings. The van der Waals surface area contributed by atoms with Crippen molar-refractivity contribution in [3.63, 3.8) is 0 Å². The topological polar surface area (TPSA) is 60.6 Å². The molecule has 0 radical (unpaired) electrons. The van der Waals surface area contributed by atoms with Crippen LogP contribution in [-0.4, -0.2) is 44.5 Å². The molecule has 0 aromatic carbocycles. The number of carbonyl (C=O) groups excluding carboxylic acids is 1. The van der Waals surface area contributed by atoms with Gasteiger partial charge < -0.3 is 19.2 Å². The van der Waals surface area contributed by atoms with Gasteiger partial charge >= 0.3 is 5.97 Å². The molecule has 0 aliphatic carbocycles. The first kappa shape index (κ1) is 15.3. The van der Waals surface area contributed by atoms with Crippen LogP contribution < -0.4 is 0 Å². The predicted molar refractivity (Wildman–Crippen MR) is 71.6 cm³/mol. The highest BCUT2D eigenvalue weighted by Gasteiger charge is 2.09. The van der Waals surface area contributed by atoms with E-state index in [-0.39, 0.29) is 19.0 Å². The molecule has 0 amide bonds. The van der Waals surface area contributed by atoms with Gasteiger partial charge in [0.05, 0.1) is 26.2 Å². The number of ether oxygens (including phenoxy) is 3. The first-order valence-electron chi connectivity index (χ1n) is 5.54. The zero-order chi connectivity index (χ0) is 13.4. The van der Waals surface area contributed by atoms with Gasteiger partial charge in [-0.3, -0.25) is 4.79 Å². The minimum absolute atomic E-state index is 0.252. The van der Waals surface area contributed by atoms with Crippen LogP contribution in [0.25, 0.3) is 0 Å². The highest BCUT2D eigenvalue weighted by molar-refractivity contribution is 7.73. The van der Waals surface area contributed by atoms with Crippen molar-refractivity contribution in [2.75, 3.05) is 33.5 Å². The lowest BCUT2D eigenvalue weighted by molar-refractivity contribution is -0.144. The van der Waals surface area contributed by atoms with E-state index >= 15 is 0 Å². The number of aromatic nitrogens is 1. The van der Waals surface area contributed by atoms with Crippen LogP contribution in [0.3, 0.4) is 0 Å². The molecule has 1 aromatic rings. The maximum absolute atomic E-state index is 11.5. The zero-order valence-electron chi connectivity index (χ0n) is 10.5. The Kier molecular flexibility index (Phi) is 7.11. The fourth-order valence-electron chi connectivity index (χ4n) is 1.25. The lowest BCUT2D eigenvalue weighted by Gasteiger charge is -2.05. The number of H-pyrrole nitrogens is 1. The van der Waals surface area contributed by atoms with Gasteiger partial charge in [-0.05, 0) is 19.1 Å². The number of esters is 1. The van der Waals surface area contributed by atoms with Crippen LogP contribution >= 0.6 is 23.6 Å². The Labute approximate surface area is 115 Å². The number of aromatic amines is 1. The van der Waals surface area contributed by atoms with E-state index in [1.165, 1.54) is 11.3 Å². The second-order valence-corrected chi connectivity index (χ2v) is 5.34. The van der Waals surface area contributed by atoms with Gasteiger partial charge in [-0.15, -0.1) is 11.3 Å². The summed E-state index contributed by atoms with van der Waals surface area (Å²) in [4.78, 5) is 15.4. The van der Waals surface area contributed by atoms with Crippen LogP contribution in [0.5, 0.6) is 0 Å². The third-order valence-electron chi connectivity index (χ3n) is 2.15. The lowest BCUT2D eigenvalue weighted by atomic mass is 10.3. The van der Waals surface area contributed by atoms with Crippen LogP contribution in [-0.2, 0) is 25.4 Å². The maximum Gasteiger partial charge on any atom is 0.311 e. The summed E-state index contributed by atoms with van der Waals surface area (Å²) in [6, 6.07) is 0. The summed E-state index contributed by atoms with van der Waals surface area (Å²) in [5.41, 5.74) is 0.929. The van der Waals surface area contributed by atoms with E-state index in [1.807, 2.05) is 6.92 Å². The summed E-state index contributed by atoms with van der Waals surface area (Å²) in [5, 5.41) is 0. The van der Waals surface area contributed by atoms with Gasteiger partial charge in [0.25, 0.3) is 0 Å². The van der Waals surface area contributed by atoms with Gasteiger partial charge in [0.15, 0.2) is 3.95 Å². The number of nitrogens with one attached hydrogen (secondary N) is 1. The Morgan fingerprint density at radius 1 is 1.33 bits per heavy atom. The molecule has 0 saturated carbocycles. The molecule has 0 spiro atoms. The number of methoxy groups -OCH3 is 1. The molecule has 1 heterocycles. The summed E-state index contributed by atoms with van der Waals surface area (Å²) >= 11 is 6.40. The van der Waals surface area contributed by atoms with E-state index in [1.54, 1.807) is 7.11 Å². The van der Waals surface area contributed by atoms with Crippen molar-refractivity contribution in [2.24, 2.45) is 0 Å². The zero-order valence-corrected chi connectivity index (χ0v) is 12.1. The van der Waals surface area contributed by atoms with Crippen LogP contribution in [0.2, 0.25) is 0 Å². The summed E-state index contributed by atoms with van der Waals surface area (Å²) < 4.78 is 15.7. The molecule has 5 nitrogen and oxygen atoms in total. The predicted octanol–water partition coefficient (Wildman–Crippen LogP) is 1.86. The van der Waals surface area contributed by atoms with Crippen LogP contribution in [0.4, 0.5) is 0 Å². The van der Waals surface area contributed by atoms with Crippen LogP contribution in [0.1, 0.15) is 10.6 Å². The summed E-state index contributed by atoms with van der Waals surface area (Å²) in [6.45, 7) is 3.59. The molecular weight excluding hydrogens is 274 g/mol. The van der Waals surface area contributed by atoms with Gasteiger partial charge in [-0.25, -0.2) is 0 Å². The molecule has 0 unspecified atom stereocenters. The van der Waals surface area contributed by atoms with Gasteiger partial charge in [-0.2, -0.15) is 0 Å². The molecule has 0 bridgehead atoms. The Morgan fingerprint density at radius 3 is 2.67 bits per heavy atom. The SMILES string of the molecule is COCCOCCOC(=O)Cc1sc(=S)[nH]c1C. The number of thiazole rings is 1. The Morgan fingerprint density at radius 2 is 2.06 bits per heavy atom. The molecule has 1 N–H and O–H groups in total. The molecule has 0 fully saturated rings. The number of hydrogen-bond donors (Lipinski definition) is 1. The smallest absolute Gasteiger partial charge is 0.311 e. The molecule has 102 valence electrons.